The van der Waals surface area contributed by atoms with Crippen molar-refractivity contribution in [1.29, 1.82) is 0 Å². The van der Waals surface area contributed by atoms with Gasteiger partial charge in [0.1, 0.15) is 24.1 Å². The van der Waals surface area contributed by atoms with Crippen LogP contribution < -0.4 is 5.73 Å². The predicted octanol–water partition coefficient (Wildman–Crippen LogP) is 0.768. The van der Waals surface area contributed by atoms with Crippen molar-refractivity contribution in [2.75, 3.05) is 11.5 Å². The molecule has 0 spiro atoms. The Balaban J connectivity index is 1.29. The van der Waals surface area contributed by atoms with E-state index in [-0.39, 0.29) is 5.82 Å². The van der Waals surface area contributed by atoms with E-state index in [0.717, 1.165) is 11.0 Å². The van der Waals surface area contributed by atoms with Gasteiger partial charge in [-0.2, -0.15) is 0 Å². The monoisotopic (exact) mass is 413 g/mol. The molecule has 1 aromatic carbocycles. The number of ether oxygens (including phenoxy) is 1. The van der Waals surface area contributed by atoms with Gasteiger partial charge >= 0.3 is 0 Å². The Labute approximate surface area is 169 Å². The van der Waals surface area contributed by atoms with Crippen LogP contribution in [0.2, 0.25) is 0 Å². The Morgan fingerprint density at radius 2 is 1.93 bits per heavy atom. The van der Waals surface area contributed by atoms with E-state index in [0.29, 0.717) is 22.8 Å². The van der Waals surface area contributed by atoms with E-state index in [1.807, 2.05) is 28.8 Å². The predicted molar refractivity (Wildman–Crippen MR) is 108 cm³/mol. The first-order chi connectivity index (χ1) is 14.1. The Bertz CT molecular complexity index is 1160. The molecule has 29 heavy (non-hydrogen) atoms. The molecular weight excluding hydrogens is 394 g/mol. The highest BCUT2D eigenvalue weighted by atomic mass is 32.2. The lowest BCUT2D eigenvalue weighted by Gasteiger charge is -2.16. The lowest BCUT2D eigenvalue weighted by Crippen LogP contribution is -2.32. The highest BCUT2D eigenvalue weighted by Crippen LogP contribution is 2.33. The Morgan fingerprint density at radius 3 is 2.83 bits per heavy atom. The van der Waals surface area contributed by atoms with Gasteiger partial charge in [0.15, 0.2) is 17.7 Å². The second-order valence-corrected chi connectivity index (χ2v) is 7.83. The molecule has 0 amide bonds. The van der Waals surface area contributed by atoms with Crippen molar-refractivity contribution in [3.05, 3.63) is 43.2 Å². The third kappa shape index (κ3) is 3.12. The molecule has 0 saturated carbocycles. The summed E-state index contributed by atoms with van der Waals surface area (Å²) in [7, 11) is 0. The minimum atomic E-state index is -1.11. The summed E-state index contributed by atoms with van der Waals surface area (Å²) in [5, 5.41) is 21.0. The molecular formula is C18H19N7O3S. The fourth-order valence-electron chi connectivity index (χ4n) is 3.53. The van der Waals surface area contributed by atoms with Crippen LogP contribution in [0.4, 0.5) is 5.82 Å². The minimum absolute atomic E-state index is 0.251. The van der Waals surface area contributed by atoms with Crippen LogP contribution in [-0.2, 0) is 10.6 Å². The van der Waals surface area contributed by atoms with Crippen molar-refractivity contribution in [2.45, 2.75) is 30.4 Å². The second-order valence-electron chi connectivity index (χ2n) is 6.83. The number of rotatable bonds is 5. The van der Waals surface area contributed by atoms with Gasteiger partial charge < -0.3 is 25.3 Å². The van der Waals surface area contributed by atoms with Gasteiger partial charge in [-0.15, -0.1) is 11.8 Å². The molecule has 10 nitrogen and oxygen atoms in total. The number of nitrogens with two attached hydrogens (primary N) is 1. The number of aliphatic hydroxyl groups excluding tert-OH is 2. The van der Waals surface area contributed by atoms with E-state index < -0.39 is 24.5 Å². The zero-order valence-electron chi connectivity index (χ0n) is 15.2. The first-order valence-corrected chi connectivity index (χ1v) is 10.2. The van der Waals surface area contributed by atoms with Crippen molar-refractivity contribution in [3.63, 3.8) is 0 Å². The van der Waals surface area contributed by atoms with Crippen molar-refractivity contribution in [1.82, 2.24) is 29.1 Å². The van der Waals surface area contributed by atoms with Crippen LogP contribution in [0.3, 0.4) is 0 Å². The van der Waals surface area contributed by atoms with Gasteiger partial charge in [0.2, 0.25) is 0 Å². The Morgan fingerprint density at radius 1 is 1.07 bits per heavy atom. The summed E-state index contributed by atoms with van der Waals surface area (Å²) in [6.45, 7) is 0. The van der Waals surface area contributed by atoms with Gasteiger partial charge in [0.05, 0.1) is 35.7 Å². The number of hydrogen-bond acceptors (Lipinski definition) is 9. The second kappa shape index (κ2) is 7.26. The molecule has 11 heteroatoms. The summed E-state index contributed by atoms with van der Waals surface area (Å²) in [5.74, 6) is 1.41. The SMILES string of the molecule is Nc1ncnc2c1ncn2C1O[C@H](CSCn2cnc3ccccc32)C(O)C1O. The van der Waals surface area contributed by atoms with E-state index in [4.69, 9.17) is 10.5 Å². The quantitative estimate of drug-likeness (QED) is 0.433. The molecule has 150 valence electrons. The van der Waals surface area contributed by atoms with Crippen LogP contribution in [0, 0.1) is 0 Å². The highest BCUT2D eigenvalue weighted by molar-refractivity contribution is 7.98. The molecule has 1 fully saturated rings. The van der Waals surface area contributed by atoms with E-state index >= 15 is 0 Å². The van der Waals surface area contributed by atoms with E-state index in [1.54, 1.807) is 22.7 Å². The molecule has 0 radical (unpaired) electrons. The Kier molecular flexibility index (Phi) is 4.59. The standard InChI is InChI=1S/C18H19N7O3S/c19-16-13-17(21-6-20-16)25(8-23-13)18-15(27)14(26)12(28-18)5-29-9-24-7-22-10-3-1-2-4-11(10)24/h1-4,6-8,12,14-15,18,26-27H,5,9H2,(H2,19,20,21)/t12-,14?,15?,18?/m1/s1. The van der Waals surface area contributed by atoms with Crippen LogP contribution in [-0.4, -0.2) is 63.3 Å². The van der Waals surface area contributed by atoms with Crippen LogP contribution in [0.5, 0.6) is 0 Å². The van der Waals surface area contributed by atoms with Crippen LogP contribution in [0.1, 0.15) is 6.23 Å². The van der Waals surface area contributed by atoms with Crippen molar-refractivity contribution < 1.29 is 14.9 Å². The molecule has 0 bridgehead atoms. The number of fused-ring (bicyclic) bond motifs is 2. The van der Waals surface area contributed by atoms with E-state index in [1.165, 1.54) is 12.7 Å². The maximum atomic E-state index is 10.5. The molecule has 1 saturated heterocycles. The zero-order valence-corrected chi connectivity index (χ0v) is 16.1. The largest absolute Gasteiger partial charge is 0.387 e. The Hall–Kier alpha value is -2.73. The topological polar surface area (TPSA) is 137 Å². The van der Waals surface area contributed by atoms with Crippen LogP contribution in [0.25, 0.3) is 22.2 Å². The first-order valence-electron chi connectivity index (χ1n) is 9.05. The van der Waals surface area contributed by atoms with Gasteiger partial charge in [-0.1, -0.05) is 12.1 Å². The van der Waals surface area contributed by atoms with Gasteiger partial charge in [-0.25, -0.2) is 19.9 Å². The number of para-hydroxylation sites is 2. The van der Waals surface area contributed by atoms with Gasteiger partial charge in [0.25, 0.3) is 0 Å². The summed E-state index contributed by atoms with van der Waals surface area (Å²) >= 11 is 1.59. The number of aliphatic hydroxyl groups is 2. The van der Waals surface area contributed by atoms with E-state index in [9.17, 15) is 10.2 Å². The summed E-state index contributed by atoms with van der Waals surface area (Å²) < 4.78 is 9.58. The molecule has 4 atom stereocenters. The van der Waals surface area contributed by atoms with Crippen molar-refractivity contribution in [3.8, 4) is 0 Å². The van der Waals surface area contributed by atoms with E-state index in [2.05, 4.69) is 19.9 Å². The number of nitrogen functional groups attached to an aromatic ring is 1. The molecule has 3 aromatic heterocycles. The van der Waals surface area contributed by atoms with Crippen molar-refractivity contribution in [2.24, 2.45) is 0 Å². The normalized spacial score (nSPS) is 24.6. The first kappa shape index (κ1) is 18.3. The number of nitrogens with zero attached hydrogens (tertiary/aromatic N) is 6. The zero-order chi connectivity index (χ0) is 20.0. The third-order valence-corrected chi connectivity index (χ3v) is 6.06. The number of imidazole rings is 2. The molecule has 1 aliphatic rings. The van der Waals surface area contributed by atoms with Crippen LogP contribution in [0.15, 0.2) is 43.2 Å². The molecule has 5 rings (SSSR count). The summed E-state index contributed by atoms with van der Waals surface area (Å²) in [5.41, 5.74) is 8.69. The lowest BCUT2D eigenvalue weighted by atomic mass is 10.1. The summed E-state index contributed by atoms with van der Waals surface area (Å²) in [6, 6.07) is 7.91. The van der Waals surface area contributed by atoms with Gasteiger partial charge in [-0.05, 0) is 12.1 Å². The molecule has 4 heterocycles. The van der Waals surface area contributed by atoms with Crippen molar-refractivity contribution >= 4 is 39.8 Å². The number of anilines is 1. The smallest absolute Gasteiger partial charge is 0.167 e. The summed E-state index contributed by atoms with van der Waals surface area (Å²) in [6.07, 6.45) is 1.14. The molecule has 4 N–H and O–H groups in total. The number of hydrogen-bond donors (Lipinski definition) is 3. The average Bonchev–Trinajstić information content (AvgIpc) is 3.41. The maximum absolute atomic E-state index is 10.5. The summed E-state index contributed by atoms with van der Waals surface area (Å²) in [4.78, 5) is 16.7. The fraction of sp³-hybridized carbons (Fsp3) is 0.333. The average molecular weight is 413 g/mol. The number of aromatic nitrogens is 6. The molecule has 1 aliphatic heterocycles. The minimum Gasteiger partial charge on any atom is -0.387 e. The third-order valence-electron chi connectivity index (χ3n) is 5.04. The molecule has 0 aliphatic carbocycles. The fourth-order valence-corrected chi connectivity index (χ4v) is 4.55. The number of thioether (sulfide) groups is 1. The van der Waals surface area contributed by atoms with Crippen LogP contribution >= 0.6 is 11.8 Å². The molecule has 3 unspecified atom stereocenters. The van der Waals surface area contributed by atoms with Gasteiger partial charge in [0, 0.05) is 5.75 Å². The lowest BCUT2D eigenvalue weighted by molar-refractivity contribution is -0.0289. The highest BCUT2D eigenvalue weighted by Gasteiger charge is 2.44. The maximum Gasteiger partial charge on any atom is 0.167 e. The van der Waals surface area contributed by atoms with Gasteiger partial charge in [-0.3, -0.25) is 4.57 Å². The number of benzene rings is 1. The molecule has 4 aromatic rings.